The van der Waals surface area contributed by atoms with Crippen molar-refractivity contribution in [1.82, 2.24) is 0 Å². The molecule has 0 saturated carbocycles. The van der Waals surface area contributed by atoms with E-state index in [4.69, 9.17) is 5.73 Å². The number of carbonyl (C=O) groups excluding carboxylic acids is 2. The van der Waals surface area contributed by atoms with Gasteiger partial charge in [-0.15, -0.1) is 11.3 Å². The van der Waals surface area contributed by atoms with E-state index in [1.807, 2.05) is 45.0 Å². The molecule has 0 aliphatic carbocycles. The maximum Gasteiger partial charge on any atom is 0.251 e. The highest BCUT2D eigenvalue weighted by Crippen LogP contribution is 2.31. The average molecular weight is 314 g/mol. The number of thiophene rings is 1. The summed E-state index contributed by atoms with van der Waals surface area (Å²) in [6.45, 7) is 5.72. The van der Waals surface area contributed by atoms with Crippen molar-refractivity contribution in [3.63, 3.8) is 0 Å². The van der Waals surface area contributed by atoms with E-state index in [2.05, 4.69) is 5.32 Å². The number of hydrogen-bond donors (Lipinski definition) is 2. The molecule has 0 aliphatic rings. The quantitative estimate of drug-likeness (QED) is 0.849. The van der Waals surface area contributed by atoms with Crippen LogP contribution in [0, 0.1) is 20.8 Å². The third-order valence-electron chi connectivity index (χ3n) is 3.37. The fourth-order valence-electron chi connectivity index (χ4n) is 2.01. The molecular weight excluding hydrogens is 296 g/mol. The van der Waals surface area contributed by atoms with Crippen molar-refractivity contribution in [3.8, 4) is 0 Å². The maximum absolute atomic E-state index is 12.0. The second-order valence-corrected chi connectivity index (χ2v) is 6.31. The van der Waals surface area contributed by atoms with Crippen LogP contribution in [-0.4, -0.2) is 11.8 Å². The van der Waals surface area contributed by atoms with Crippen LogP contribution in [0.2, 0.25) is 0 Å². The molecule has 0 saturated heterocycles. The first-order chi connectivity index (χ1) is 10.4. The van der Waals surface area contributed by atoms with Gasteiger partial charge >= 0.3 is 0 Å². The van der Waals surface area contributed by atoms with E-state index in [1.165, 1.54) is 17.4 Å². The largest absolute Gasteiger partial charge is 0.365 e. The van der Waals surface area contributed by atoms with Crippen LogP contribution in [0.25, 0.3) is 6.08 Å². The van der Waals surface area contributed by atoms with Gasteiger partial charge in [0.2, 0.25) is 5.91 Å². The molecule has 2 rings (SSSR count). The molecule has 0 spiro atoms. The van der Waals surface area contributed by atoms with Crippen molar-refractivity contribution >= 4 is 34.2 Å². The lowest BCUT2D eigenvalue weighted by atomic mass is 10.1. The van der Waals surface area contributed by atoms with E-state index >= 15 is 0 Å². The summed E-state index contributed by atoms with van der Waals surface area (Å²) < 4.78 is 0. The van der Waals surface area contributed by atoms with Crippen LogP contribution in [0.3, 0.4) is 0 Å². The van der Waals surface area contributed by atoms with E-state index < -0.39 is 5.91 Å². The van der Waals surface area contributed by atoms with E-state index in [0.717, 1.165) is 21.6 Å². The van der Waals surface area contributed by atoms with Crippen LogP contribution in [0.4, 0.5) is 5.00 Å². The second kappa shape index (κ2) is 6.58. The van der Waals surface area contributed by atoms with Crippen molar-refractivity contribution in [3.05, 3.63) is 57.5 Å². The molecule has 22 heavy (non-hydrogen) atoms. The van der Waals surface area contributed by atoms with Gasteiger partial charge in [0.1, 0.15) is 5.00 Å². The molecule has 114 valence electrons. The summed E-state index contributed by atoms with van der Waals surface area (Å²) in [5.41, 5.74) is 8.69. The van der Waals surface area contributed by atoms with Crippen molar-refractivity contribution in [1.29, 1.82) is 0 Å². The second-order valence-electron chi connectivity index (χ2n) is 5.08. The molecule has 2 amide bonds. The summed E-state index contributed by atoms with van der Waals surface area (Å²) >= 11 is 1.35. The van der Waals surface area contributed by atoms with Crippen LogP contribution >= 0.6 is 11.3 Å². The van der Waals surface area contributed by atoms with Crippen molar-refractivity contribution in [2.24, 2.45) is 5.73 Å². The fourth-order valence-corrected chi connectivity index (χ4v) is 3.08. The summed E-state index contributed by atoms with van der Waals surface area (Å²) in [7, 11) is 0. The molecule has 2 aromatic rings. The third-order valence-corrected chi connectivity index (χ3v) is 4.50. The number of carbonyl (C=O) groups is 2. The van der Waals surface area contributed by atoms with Crippen LogP contribution < -0.4 is 11.1 Å². The van der Waals surface area contributed by atoms with Gasteiger partial charge in [-0.1, -0.05) is 29.8 Å². The summed E-state index contributed by atoms with van der Waals surface area (Å²) in [5, 5.41) is 3.23. The van der Waals surface area contributed by atoms with Gasteiger partial charge in [-0.2, -0.15) is 0 Å². The zero-order valence-electron chi connectivity index (χ0n) is 12.8. The third kappa shape index (κ3) is 3.62. The van der Waals surface area contributed by atoms with E-state index in [9.17, 15) is 9.59 Å². The van der Waals surface area contributed by atoms with Gasteiger partial charge in [0.15, 0.2) is 0 Å². The number of anilines is 1. The first kappa shape index (κ1) is 16.0. The molecule has 1 aromatic heterocycles. The van der Waals surface area contributed by atoms with Gasteiger partial charge in [-0.3, -0.25) is 9.59 Å². The van der Waals surface area contributed by atoms with Crippen LogP contribution in [0.1, 0.15) is 31.9 Å². The molecule has 5 heteroatoms. The Morgan fingerprint density at radius 2 is 1.77 bits per heavy atom. The number of amides is 2. The normalized spacial score (nSPS) is 10.9. The number of primary amides is 1. The van der Waals surface area contributed by atoms with Gasteiger partial charge in [0.05, 0.1) is 5.56 Å². The predicted octanol–water partition coefficient (Wildman–Crippen LogP) is 3.42. The molecule has 0 fully saturated rings. The Labute approximate surface area is 133 Å². The Morgan fingerprint density at radius 1 is 1.14 bits per heavy atom. The summed E-state index contributed by atoms with van der Waals surface area (Å²) in [5.74, 6) is -0.816. The average Bonchev–Trinajstić information content (AvgIpc) is 2.73. The summed E-state index contributed by atoms with van der Waals surface area (Å²) in [6.07, 6.45) is 3.17. The SMILES string of the molecule is Cc1ccc(/C=C/C(=O)Nc2sc(C)c(C)c2C(N)=O)cc1. The molecule has 0 unspecified atom stereocenters. The topological polar surface area (TPSA) is 72.2 Å². The first-order valence-electron chi connectivity index (χ1n) is 6.84. The van der Waals surface area contributed by atoms with Crippen molar-refractivity contribution in [2.75, 3.05) is 5.32 Å². The molecule has 1 heterocycles. The highest BCUT2D eigenvalue weighted by Gasteiger charge is 2.18. The van der Waals surface area contributed by atoms with Gasteiger partial charge in [0, 0.05) is 11.0 Å². The summed E-state index contributed by atoms with van der Waals surface area (Å²) in [6, 6.07) is 7.84. The van der Waals surface area contributed by atoms with Crippen LogP contribution in [0.5, 0.6) is 0 Å². The molecule has 0 bridgehead atoms. The minimum Gasteiger partial charge on any atom is -0.365 e. The van der Waals surface area contributed by atoms with E-state index in [-0.39, 0.29) is 5.91 Å². The summed E-state index contributed by atoms with van der Waals surface area (Å²) in [4.78, 5) is 24.5. The number of nitrogens with two attached hydrogens (primary N) is 1. The number of aryl methyl sites for hydroxylation is 2. The van der Waals surface area contributed by atoms with Gasteiger partial charge in [-0.05, 0) is 38.0 Å². The number of hydrogen-bond acceptors (Lipinski definition) is 3. The predicted molar refractivity (Wildman–Crippen MR) is 91.2 cm³/mol. The Balaban J connectivity index is 2.14. The Morgan fingerprint density at radius 3 is 2.36 bits per heavy atom. The Kier molecular flexibility index (Phi) is 4.78. The first-order valence-corrected chi connectivity index (χ1v) is 7.65. The molecule has 3 N–H and O–H groups in total. The van der Waals surface area contributed by atoms with Crippen molar-refractivity contribution < 1.29 is 9.59 Å². The molecular formula is C17H18N2O2S. The minimum atomic E-state index is -0.528. The number of nitrogens with one attached hydrogen (secondary N) is 1. The maximum atomic E-state index is 12.0. The number of rotatable bonds is 4. The van der Waals surface area contributed by atoms with Gasteiger partial charge < -0.3 is 11.1 Å². The minimum absolute atomic E-state index is 0.288. The molecule has 0 atom stereocenters. The van der Waals surface area contributed by atoms with E-state index in [1.54, 1.807) is 6.08 Å². The highest BCUT2D eigenvalue weighted by atomic mass is 32.1. The lowest BCUT2D eigenvalue weighted by Gasteiger charge is -2.02. The van der Waals surface area contributed by atoms with Gasteiger partial charge in [-0.25, -0.2) is 0 Å². The zero-order chi connectivity index (χ0) is 16.3. The zero-order valence-corrected chi connectivity index (χ0v) is 13.6. The van der Waals surface area contributed by atoms with E-state index in [0.29, 0.717) is 10.6 Å². The van der Waals surface area contributed by atoms with Crippen LogP contribution in [-0.2, 0) is 4.79 Å². The molecule has 1 aromatic carbocycles. The fraction of sp³-hybridized carbons (Fsp3) is 0.176. The highest BCUT2D eigenvalue weighted by molar-refractivity contribution is 7.16. The Bertz CT molecular complexity index is 743. The molecule has 4 nitrogen and oxygen atoms in total. The molecule has 0 aliphatic heterocycles. The number of benzene rings is 1. The lowest BCUT2D eigenvalue weighted by molar-refractivity contribution is -0.111. The lowest BCUT2D eigenvalue weighted by Crippen LogP contribution is -2.16. The Hall–Kier alpha value is -2.40. The smallest absolute Gasteiger partial charge is 0.251 e. The standard InChI is InChI=1S/C17H18N2O2S/c1-10-4-6-13(7-5-10)8-9-14(20)19-17-15(16(18)21)11(2)12(3)22-17/h4-9H,1-3H3,(H2,18,21)(H,19,20)/b9-8+. The molecule has 0 radical (unpaired) electrons. The van der Waals surface area contributed by atoms with Crippen molar-refractivity contribution in [2.45, 2.75) is 20.8 Å². The van der Waals surface area contributed by atoms with Gasteiger partial charge in [0.25, 0.3) is 5.91 Å². The monoisotopic (exact) mass is 314 g/mol. The van der Waals surface area contributed by atoms with Crippen LogP contribution in [0.15, 0.2) is 30.3 Å².